The minimum atomic E-state index is -0.731. The topological polar surface area (TPSA) is 33.4 Å². The summed E-state index contributed by atoms with van der Waals surface area (Å²) in [6, 6.07) is 11.9. The fourth-order valence-electron chi connectivity index (χ4n) is 1.93. The lowest BCUT2D eigenvalue weighted by atomic mass is 9.91. The monoisotopic (exact) mass is 216 g/mol. The molecule has 0 aliphatic carbocycles. The van der Waals surface area contributed by atoms with Gasteiger partial charge in [0.25, 0.3) is 0 Å². The van der Waals surface area contributed by atoms with Crippen molar-refractivity contribution in [1.29, 1.82) is 0 Å². The van der Waals surface area contributed by atoms with E-state index < -0.39 is 5.60 Å². The van der Waals surface area contributed by atoms with Crippen LogP contribution in [0.1, 0.15) is 18.1 Å². The number of hydrogen-bond acceptors (Lipinski definition) is 2. The van der Waals surface area contributed by atoms with E-state index in [2.05, 4.69) is 0 Å². The lowest BCUT2D eigenvalue weighted by Crippen LogP contribution is -2.29. The molecule has 1 atom stereocenters. The van der Waals surface area contributed by atoms with Crippen LogP contribution in [0.3, 0.4) is 0 Å². The molecule has 1 heterocycles. The molecule has 0 saturated heterocycles. The molecule has 0 radical (unpaired) electrons. The Balaban J connectivity index is 2.03. The van der Waals surface area contributed by atoms with Gasteiger partial charge in [-0.25, -0.2) is 0 Å². The third-order valence-corrected chi connectivity index (χ3v) is 2.59. The summed E-state index contributed by atoms with van der Waals surface area (Å²) in [6.45, 7) is 1.85. The van der Waals surface area contributed by atoms with Crippen molar-refractivity contribution in [2.24, 2.45) is 0 Å². The van der Waals surface area contributed by atoms with Gasteiger partial charge in [0.05, 0.1) is 18.1 Å². The molecular weight excluding hydrogens is 200 g/mol. The predicted molar refractivity (Wildman–Crippen MR) is 63.2 cm³/mol. The quantitative estimate of drug-likeness (QED) is 0.852. The molecule has 0 spiro atoms. The van der Waals surface area contributed by atoms with Gasteiger partial charge in [0, 0.05) is 12.8 Å². The molecule has 2 aromatic rings. The molecule has 1 aromatic carbocycles. The van der Waals surface area contributed by atoms with Crippen LogP contribution in [0.5, 0.6) is 0 Å². The zero-order chi connectivity index (χ0) is 11.4. The largest absolute Gasteiger partial charge is 0.472 e. The number of benzene rings is 1. The third kappa shape index (κ3) is 2.97. The molecular formula is C14H16O2. The Hall–Kier alpha value is -1.54. The van der Waals surface area contributed by atoms with E-state index in [0.717, 1.165) is 11.1 Å². The lowest BCUT2D eigenvalue weighted by Gasteiger charge is -2.22. The van der Waals surface area contributed by atoms with E-state index in [4.69, 9.17) is 4.42 Å². The van der Waals surface area contributed by atoms with Crippen LogP contribution < -0.4 is 0 Å². The number of rotatable bonds is 4. The van der Waals surface area contributed by atoms with Gasteiger partial charge in [0.2, 0.25) is 0 Å². The predicted octanol–water partition coefficient (Wildman–Crippen LogP) is 2.82. The molecule has 0 aliphatic rings. The second-order valence-electron chi connectivity index (χ2n) is 4.47. The van der Waals surface area contributed by atoms with Gasteiger partial charge in [0.1, 0.15) is 0 Å². The van der Waals surface area contributed by atoms with Gasteiger partial charge in [-0.05, 0) is 24.1 Å². The Morgan fingerprint density at radius 3 is 2.38 bits per heavy atom. The van der Waals surface area contributed by atoms with Gasteiger partial charge in [-0.3, -0.25) is 0 Å². The van der Waals surface area contributed by atoms with Gasteiger partial charge in [0.15, 0.2) is 0 Å². The molecule has 0 fully saturated rings. The average molecular weight is 216 g/mol. The summed E-state index contributed by atoms with van der Waals surface area (Å²) in [5.41, 5.74) is 1.45. The molecule has 0 aliphatic heterocycles. The molecule has 2 rings (SSSR count). The molecule has 0 saturated carbocycles. The third-order valence-electron chi connectivity index (χ3n) is 2.59. The standard InChI is InChI=1S/C14H16O2/c1-14(15,10-13-7-8-16-11-13)9-12-5-3-2-4-6-12/h2-8,11,15H,9-10H2,1H3. The van der Waals surface area contributed by atoms with Crippen molar-refractivity contribution < 1.29 is 9.52 Å². The SMILES string of the molecule is CC(O)(Cc1ccccc1)Cc1ccoc1. The second-order valence-corrected chi connectivity index (χ2v) is 4.47. The molecule has 0 amide bonds. The first-order valence-electron chi connectivity index (χ1n) is 5.43. The fourth-order valence-corrected chi connectivity index (χ4v) is 1.93. The average Bonchev–Trinajstić information content (AvgIpc) is 2.70. The summed E-state index contributed by atoms with van der Waals surface area (Å²) in [5.74, 6) is 0. The molecule has 1 N–H and O–H groups in total. The molecule has 16 heavy (non-hydrogen) atoms. The molecule has 1 aromatic heterocycles. The minimum absolute atomic E-state index is 0.610. The van der Waals surface area contributed by atoms with Crippen molar-refractivity contribution in [2.45, 2.75) is 25.4 Å². The Morgan fingerprint density at radius 1 is 1.06 bits per heavy atom. The van der Waals surface area contributed by atoms with Crippen molar-refractivity contribution in [3.63, 3.8) is 0 Å². The van der Waals surface area contributed by atoms with E-state index in [1.165, 1.54) is 0 Å². The van der Waals surface area contributed by atoms with Crippen molar-refractivity contribution in [2.75, 3.05) is 0 Å². The van der Waals surface area contributed by atoms with E-state index >= 15 is 0 Å². The zero-order valence-corrected chi connectivity index (χ0v) is 9.39. The summed E-state index contributed by atoms with van der Waals surface area (Å²) in [4.78, 5) is 0. The fraction of sp³-hybridized carbons (Fsp3) is 0.286. The van der Waals surface area contributed by atoms with Crippen molar-refractivity contribution in [3.05, 3.63) is 60.1 Å². The molecule has 2 heteroatoms. The summed E-state index contributed by atoms with van der Waals surface area (Å²) < 4.78 is 5.00. The van der Waals surface area contributed by atoms with Crippen LogP contribution in [0.15, 0.2) is 53.3 Å². The highest BCUT2D eigenvalue weighted by Gasteiger charge is 2.21. The van der Waals surface area contributed by atoms with Crippen LogP contribution in [0.4, 0.5) is 0 Å². The lowest BCUT2D eigenvalue weighted by molar-refractivity contribution is 0.0607. The van der Waals surface area contributed by atoms with E-state index in [1.54, 1.807) is 12.5 Å². The summed E-state index contributed by atoms with van der Waals surface area (Å²) >= 11 is 0. The summed E-state index contributed by atoms with van der Waals surface area (Å²) in [6.07, 6.45) is 4.57. The highest BCUT2D eigenvalue weighted by Crippen LogP contribution is 2.18. The van der Waals surface area contributed by atoms with Crippen LogP contribution in [-0.4, -0.2) is 10.7 Å². The smallest absolute Gasteiger partial charge is 0.0935 e. The Bertz CT molecular complexity index is 415. The molecule has 0 bridgehead atoms. The highest BCUT2D eigenvalue weighted by atomic mass is 16.3. The van der Waals surface area contributed by atoms with E-state index in [9.17, 15) is 5.11 Å². The van der Waals surface area contributed by atoms with Crippen molar-refractivity contribution in [1.82, 2.24) is 0 Å². The first-order valence-corrected chi connectivity index (χ1v) is 5.43. The van der Waals surface area contributed by atoms with E-state index in [0.29, 0.717) is 12.8 Å². The highest BCUT2D eigenvalue weighted by molar-refractivity contribution is 5.18. The Kier molecular flexibility index (Phi) is 3.11. The van der Waals surface area contributed by atoms with Gasteiger partial charge in [-0.15, -0.1) is 0 Å². The molecule has 2 nitrogen and oxygen atoms in total. The second kappa shape index (κ2) is 4.54. The zero-order valence-electron chi connectivity index (χ0n) is 9.39. The Morgan fingerprint density at radius 2 is 1.75 bits per heavy atom. The van der Waals surface area contributed by atoms with Gasteiger partial charge < -0.3 is 9.52 Å². The van der Waals surface area contributed by atoms with Crippen LogP contribution in [0.2, 0.25) is 0 Å². The minimum Gasteiger partial charge on any atom is -0.472 e. The van der Waals surface area contributed by atoms with Crippen LogP contribution in [-0.2, 0) is 12.8 Å². The number of hydrogen-bond donors (Lipinski definition) is 1. The summed E-state index contributed by atoms with van der Waals surface area (Å²) in [5, 5.41) is 10.3. The summed E-state index contributed by atoms with van der Waals surface area (Å²) in [7, 11) is 0. The molecule has 84 valence electrons. The van der Waals surface area contributed by atoms with Crippen LogP contribution in [0.25, 0.3) is 0 Å². The number of aliphatic hydroxyl groups is 1. The van der Waals surface area contributed by atoms with Crippen LogP contribution in [0, 0.1) is 0 Å². The van der Waals surface area contributed by atoms with Gasteiger partial charge in [-0.1, -0.05) is 30.3 Å². The maximum absolute atomic E-state index is 10.3. The van der Waals surface area contributed by atoms with Gasteiger partial charge >= 0.3 is 0 Å². The van der Waals surface area contributed by atoms with Crippen LogP contribution >= 0.6 is 0 Å². The normalized spacial score (nSPS) is 14.6. The van der Waals surface area contributed by atoms with Gasteiger partial charge in [-0.2, -0.15) is 0 Å². The van der Waals surface area contributed by atoms with Crippen molar-refractivity contribution >= 4 is 0 Å². The van der Waals surface area contributed by atoms with E-state index in [-0.39, 0.29) is 0 Å². The maximum Gasteiger partial charge on any atom is 0.0935 e. The Labute approximate surface area is 95.5 Å². The first kappa shape index (κ1) is 11.0. The molecule has 1 unspecified atom stereocenters. The number of furan rings is 1. The maximum atomic E-state index is 10.3. The first-order chi connectivity index (χ1) is 7.66. The van der Waals surface area contributed by atoms with Crippen molar-refractivity contribution in [3.8, 4) is 0 Å². The van der Waals surface area contributed by atoms with E-state index in [1.807, 2.05) is 43.3 Å².